The van der Waals surface area contributed by atoms with Crippen LogP contribution in [0.4, 0.5) is 0 Å². The molecule has 2 aliphatic rings. The van der Waals surface area contributed by atoms with Gasteiger partial charge >= 0.3 is 0 Å². The average Bonchev–Trinajstić information content (AvgIpc) is 2.32. The van der Waals surface area contributed by atoms with Gasteiger partial charge < -0.3 is 10.6 Å². The molecule has 2 saturated heterocycles. The molecule has 0 saturated carbocycles. The Morgan fingerprint density at radius 2 is 1.88 bits per heavy atom. The monoisotopic (exact) mass is 239 g/mol. The zero-order valence-corrected chi connectivity index (χ0v) is 11.7. The summed E-state index contributed by atoms with van der Waals surface area (Å²) < 4.78 is 0. The standard InChI is InChI=1S/C14H29N3/c1-11-4-7-17(14(8-11)10-15)13-5-6-16(3)12(2)9-13/h11-14H,4-10,15H2,1-3H3. The summed E-state index contributed by atoms with van der Waals surface area (Å²) in [6, 6.07) is 2.15. The molecule has 0 spiro atoms. The molecule has 0 aromatic rings. The van der Waals surface area contributed by atoms with Crippen molar-refractivity contribution in [3.63, 3.8) is 0 Å². The number of nitrogens with zero attached hydrogens (tertiary/aromatic N) is 2. The van der Waals surface area contributed by atoms with Crippen molar-refractivity contribution in [1.29, 1.82) is 0 Å². The maximum Gasteiger partial charge on any atom is 0.0223 e. The van der Waals surface area contributed by atoms with Gasteiger partial charge in [0.15, 0.2) is 0 Å². The molecule has 3 heteroatoms. The zero-order chi connectivity index (χ0) is 12.4. The Kier molecular flexibility index (Phi) is 4.45. The Morgan fingerprint density at radius 3 is 2.53 bits per heavy atom. The van der Waals surface area contributed by atoms with Crippen molar-refractivity contribution in [2.45, 2.75) is 57.7 Å². The summed E-state index contributed by atoms with van der Waals surface area (Å²) in [7, 11) is 2.25. The summed E-state index contributed by atoms with van der Waals surface area (Å²) in [6.45, 7) is 8.08. The van der Waals surface area contributed by atoms with E-state index in [1.807, 2.05) is 0 Å². The Bertz CT molecular complexity index is 244. The van der Waals surface area contributed by atoms with Gasteiger partial charge in [-0.3, -0.25) is 4.90 Å². The minimum atomic E-state index is 0.638. The molecular weight excluding hydrogens is 210 g/mol. The summed E-state index contributed by atoms with van der Waals surface area (Å²) >= 11 is 0. The molecule has 0 bridgehead atoms. The molecule has 0 aromatic heterocycles. The van der Waals surface area contributed by atoms with Crippen molar-refractivity contribution in [3.05, 3.63) is 0 Å². The quantitative estimate of drug-likeness (QED) is 0.793. The molecule has 2 aliphatic heterocycles. The van der Waals surface area contributed by atoms with E-state index < -0.39 is 0 Å². The lowest BCUT2D eigenvalue weighted by Crippen LogP contribution is -2.55. The first-order chi connectivity index (χ1) is 8.11. The van der Waals surface area contributed by atoms with E-state index in [4.69, 9.17) is 5.73 Å². The highest BCUT2D eigenvalue weighted by atomic mass is 15.2. The minimum Gasteiger partial charge on any atom is -0.329 e. The first-order valence-electron chi connectivity index (χ1n) is 7.27. The number of hydrogen-bond acceptors (Lipinski definition) is 3. The van der Waals surface area contributed by atoms with Gasteiger partial charge in [-0.1, -0.05) is 6.92 Å². The van der Waals surface area contributed by atoms with E-state index >= 15 is 0 Å². The van der Waals surface area contributed by atoms with E-state index in [0.717, 1.165) is 24.5 Å². The van der Waals surface area contributed by atoms with E-state index in [9.17, 15) is 0 Å². The highest BCUT2D eigenvalue weighted by molar-refractivity contribution is 4.90. The molecular formula is C14H29N3. The normalized spacial score (nSPS) is 41.6. The van der Waals surface area contributed by atoms with Crippen molar-refractivity contribution >= 4 is 0 Å². The molecule has 4 unspecified atom stereocenters. The van der Waals surface area contributed by atoms with Crippen molar-refractivity contribution in [3.8, 4) is 0 Å². The Hall–Kier alpha value is -0.120. The van der Waals surface area contributed by atoms with Gasteiger partial charge in [-0.15, -0.1) is 0 Å². The fourth-order valence-corrected chi connectivity index (χ4v) is 3.55. The molecule has 0 radical (unpaired) electrons. The van der Waals surface area contributed by atoms with Crippen LogP contribution < -0.4 is 5.73 Å². The van der Waals surface area contributed by atoms with Crippen molar-refractivity contribution in [1.82, 2.24) is 9.80 Å². The first kappa shape index (κ1) is 13.3. The van der Waals surface area contributed by atoms with Crippen LogP contribution in [0.15, 0.2) is 0 Å². The lowest BCUT2D eigenvalue weighted by Gasteiger charge is -2.47. The van der Waals surface area contributed by atoms with Crippen LogP contribution in [0.1, 0.15) is 39.5 Å². The lowest BCUT2D eigenvalue weighted by atomic mass is 9.88. The van der Waals surface area contributed by atoms with Gasteiger partial charge in [-0.2, -0.15) is 0 Å². The highest BCUT2D eigenvalue weighted by Gasteiger charge is 2.33. The highest BCUT2D eigenvalue weighted by Crippen LogP contribution is 2.29. The second-order valence-corrected chi connectivity index (χ2v) is 6.26. The van der Waals surface area contributed by atoms with Crippen molar-refractivity contribution in [2.75, 3.05) is 26.7 Å². The van der Waals surface area contributed by atoms with Crippen LogP contribution in [0.5, 0.6) is 0 Å². The fourth-order valence-electron chi connectivity index (χ4n) is 3.55. The molecule has 0 aliphatic carbocycles. The van der Waals surface area contributed by atoms with E-state index in [1.54, 1.807) is 0 Å². The van der Waals surface area contributed by atoms with Crippen LogP contribution in [0.2, 0.25) is 0 Å². The molecule has 17 heavy (non-hydrogen) atoms. The van der Waals surface area contributed by atoms with Gasteiger partial charge in [0, 0.05) is 24.7 Å². The summed E-state index contributed by atoms with van der Waals surface area (Å²) in [6.07, 6.45) is 5.31. The number of piperidine rings is 2. The maximum atomic E-state index is 5.97. The molecule has 0 amide bonds. The van der Waals surface area contributed by atoms with Crippen LogP contribution in [0.3, 0.4) is 0 Å². The summed E-state index contributed by atoms with van der Waals surface area (Å²) in [5.41, 5.74) is 5.97. The van der Waals surface area contributed by atoms with E-state index in [0.29, 0.717) is 6.04 Å². The second-order valence-electron chi connectivity index (χ2n) is 6.26. The van der Waals surface area contributed by atoms with Gasteiger partial charge in [0.05, 0.1) is 0 Å². The summed E-state index contributed by atoms with van der Waals surface area (Å²) in [5.74, 6) is 0.864. The van der Waals surface area contributed by atoms with Gasteiger partial charge in [-0.05, 0) is 58.7 Å². The zero-order valence-electron chi connectivity index (χ0n) is 11.7. The van der Waals surface area contributed by atoms with Crippen molar-refractivity contribution in [2.24, 2.45) is 11.7 Å². The van der Waals surface area contributed by atoms with E-state index in [1.165, 1.54) is 38.8 Å². The third-order valence-electron chi connectivity index (χ3n) is 4.95. The average molecular weight is 239 g/mol. The van der Waals surface area contributed by atoms with E-state index in [2.05, 4.69) is 30.7 Å². The Balaban J connectivity index is 1.96. The third kappa shape index (κ3) is 3.01. The second kappa shape index (κ2) is 5.68. The fraction of sp³-hybridized carbons (Fsp3) is 1.00. The Labute approximate surface area is 106 Å². The molecule has 0 aromatic carbocycles. The van der Waals surface area contributed by atoms with Gasteiger partial charge in [0.2, 0.25) is 0 Å². The number of nitrogens with two attached hydrogens (primary N) is 1. The molecule has 2 heterocycles. The van der Waals surface area contributed by atoms with Gasteiger partial charge in [0.25, 0.3) is 0 Å². The third-order valence-corrected chi connectivity index (χ3v) is 4.95. The van der Waals surface area contributed by atoms with Crippen LogP contribution >= 0.6 is 0 Å². The van der Waals surface area contributed by atoms with Crippen LogP contribution in [0.25, 0.3) is 0 Å². The van der Waals surface area contributed by atoms with Crippen molar-refractivity contribution < 1.29 is 0 Å². The number of likely N-dealkylation sites (tertiary alicyclic amines) is 2. The Morgan fingerprint density at radius 1 is 1.12 bits per heavy atom. The topological polar surface area (TPSA) is 32.5 Å². The molecule has 3 nitrogen and oxygen atoms in total. The maximum absolute atomic E-state index is 5.97. The van der Waals surface area contributed by atoms with Crippen LogP contribution in [-0.2, 0) is 0 Å². The van der Waals surface area contributed by atoms with Crippen LogP contribution in [-0.4, -0.2) is 54.6 Å². The molecule has 100 valence electrons. The molecule has 2 N–H and O–H groups in total. The predicted octanol–water partition coefficient (Wildman–Crippen LogP) is 1.53. The molecule has 2 rings (SSSR count). The molecule has 2 fully saturated rings. The largest absolute Gasteiger partial charge is 0.329 e. The van der Waals surface area contributed by atoms with E-state index in [-0.39, 0.29) is 0 Å². The van der Waals surface area contributed by atoms with Gasteiger partial charge in [-0.25, -0.2) is 0 Å². The summed E-state index contributed by atoms with van der Waals surface area (Å²) in [4.78, 5) is 5.21. The molecule has 4 atom stereocenters. The lowest BCUT2D eigenvalue weighted by molar-refractivity contribution is 0.0280. The number of rotatable bonds is 2. The smallest absolute Gasteiger partial charge is 0.0223 e. The predicted molar refractivity (Wildman–Crippen MR) is 73.1 cm³/mol. The summed E-state index contributed by atoms with van der Waals surface area (Å²) in [5, 5.41) is 0. The first-order valence-corrected chi connectivity index (χ1v) is 7.27. The van der Waals surface area contributed by atoms with Crippen LogP contribution in [0, 0.1) is 5.92 Å². The minimum absolute atomic E-state index is 0.638. The number of hydrogen-bond donors (Lipinski definition) is 1. The SMILES string of the molecule is CC1CCN(C2CCN(C)C(C)C2)C(CN)C1. The van der Waals surface area contributed by atoms with Gasteiger partial charge in [0.1, 0.15) is 0 Å².